The van der Waals surface area contributed by atoms with Crippen LogP contribution in [0.5, 0.6) is 0 Å². The summed E-state index contributed by atoms with van der Waals surface area (Å²) in [5.41, 5.74) is 12.3. The minimum Gasteiger partial charge on any atom is -0.400 e. The zero-order valence-electron chi connectivity index (χ0n) is 45.3. The molecule has 0 aliphatic carbocycles. The Kier molecular flexibility index (Phi) is 23.0. The number of hydrogen-bond acceptors (Lipinski definition) is 19. The van der Waals surface area contributed by atoms with E-state index in [-0.39, 0.29) is 31.9 Å². The summed E-state index contributed by atoms with van der Waals surface area (Å²) in [7, 11) is -1.22. The molecule has 0 saturated carbocycles. The van der Waals surface area contributed by atoms with E-state index in [0.717, 1.165) is 23.8 Å². The van der Waals surface area contributed by atoms with E-state index in [1.807, 2.05) is 18.3 Å². The number of nitro benzene ring substituents is 1. The summed E-state index contributed by atoms with van der Waals surface area (Å²) in [5, 5.41) is 34.9. The van der Waals surface area contributed by atoms with Crippen LogP contribution in [0.4, 0.5) is 23.0 Å². The van der Waals surface area contributed by atoms with Crippen molar-refractivity contribution in [3.05, 3.63) is 200 Å². The van der Waals surface area contributed by atoms with Gasteiger partial charge in [-0.15, -0.1) is 20.4 Å². The number of hydrazine groups is 1. The van der Waals surface area contributed by atoms with Gasteiger partial charge in [-0.2, -0.15) is 0 Å². The van der Waals surface area contributed by atoms with Crippen LogP contribution in [0.3, 0.4) is 0 Å². The first-order chi connectivity index (χ1) is 39.2. The number of aliphatic hydroxyl groups is 1. The van der Waals surface area contributed by atoms with Gasteiger partial charge < -0.3 is 10.8 Å². The molecule has 0 unspecified atom stereocenters. The van der Waals surface area contributed by atoms with Crippen molar-refractivity contribution in [2.45, 2.75) is 62.2 Å². The first-order valence-corrected chi connectivity index (χ1v) is 29.1. The molecular weight excluding hydrogens is 1190 g/mol. The van der Waals surface area contributed by atoms with Crippen molar-refractivity contribution in [1.29, 1.82) is 0 Å². The SMILES string of the molecule is CC(C)(C)c1ccc(S(=O)(=O)Cl)cc1.CC(C)(C)c1ccc(S(=O)(=O)Nc2ccc(Cl)cc2-c2nnc3ncccn23)cc1.CO.NNc1ncccn1.Nc1ccc(Cl)cc1-c1nnc2ncccn12.O=Cc1cc(Cl)ccc1[N+](=O)[O-]. The number of aldehydes is 1. The Morgan fingerprint density at radius 1 is 0.614 bits per heavy atom. The van der Waals surface area contributed by atoms with E-state index in [1.165, 1.54) is 30.3 Å². The minimum absolute atomic E-state index is 0.00694. The highest BCUT2D eigenvalue weighted by molar-refractivity contribution is 8.13. The van der Waals surface area contributed by atoms with Gasteiger partial charge >= 0.3 is 0 Å². The molecule has 434 valence electrons. The maximum Gasteiger partial charge on any atom is 0.279 e. The van der Waals surface area contributed by atoms with Gasteiger partial charge in [0, 0.05) is 92.9 Å². The average molecular weight is 1250 g/mol. The topological polar surface area (TPSA) is 337 Å². The van der Waals surface area contributed by atoms with Crippen LogP contribution in [0.2, 0.25) is 15.1 Å². The number of halogens is 4. The number of carbonyl (C=O) groups is 1. The number of nitrogens with zero attached hydrogens (tertiary/aromatic N) is 11. The minimum atomic E-state index is -3.82. The van der Waals surface area contributed by atoms with Crippen molar-refractivity contribution >= 4 is 105 Å². The van der Waals surface area contributed by atoms with Crippen LogP contribution in [0.1, 0.15) is 63.0 Å². The molecule has 5 aromatic carbocycles. The standard InChI is InChI=1S/C21H20ClN5O2S.C11H8ClN5.C10H13ClO2S.C7H4ClNO3.C4H6N4.CH4O/c1-21(2,3)14-5-8-16(9-6-14)30(28,29)26-18-10-7-15(22)13-17(18)19-24-25-20-23-11-4-12-27(19)20;12-7-2-3-9(13)8(6-7)10-15-16-11-14-4-1-5-17(10)11;1-10(2,3)8-4-6-9(7-5-8)14(11,12)13;8-6-1-2-7(9(11)12)5(3-6)4-10;5-8-4-6-2-1-3-7-4;1-2/h4-13,26H,1-3H3;1-6H,13H2;4-7H,1-3H3;1-4H;1-3H,5H2,(H,6,7,8);2H,1H3. The van der Waals surface area contributed by atoms with Crippen LogP contribution in [0, 0.1) is 10.1 Å². The van der Waals surface area contributed by atoms with E-state index in [4.69, 9.17) is 62.2 Å². The molecule has 5 aromatic heterocycles. The summed E-state index contributed by atoms with van der Waals surface area (Å²) in [4.78, 5) is 36.0. The molecule has 5 heterocycles. The fraction of sp³-hybridized carbons (Fsp3) is 0.167. The second-order valence-corrected chi connectivity index (χ2v) is 24.5. The van der Waals surface area contributed by atoms with Crippen molar-refractivity contribution in [2.24, 2.45) is 5.84 Å². The first kappa shape index (κ1) is 65.5. The molecule has 0 fully saturated rings. The molecule has 0 saturated heterocycles. The molecule has 0 spiro atoms. The van der Waals surface area contributed by atoms with Crippen LogP contribution in [-0.2, 0) is 29.9 Å². The third kappa shape index (κ3) is 18.4. The molecule has 23 nitrogen and oxygen atoms in total. The number of nitrogen functional groups attached to an aromatic ring is 2. The van der Waals surface area contributed by atoms with Crippen molar-refractivity contribution in [2.75, 3.05) is 23.0 Å². The first-order valence-electron chi connectivity index (χ1n) is 24.1. The fourth-order valence-corrected chi connectivity index (χ4v) is 9.35. The molecule has 7 N–H and O–H groups in total. The Balaban J connectivity index is 0.000000203. The van der Waals surface area contributed by atoms with E-state index < -0.39 is 24.0 Å². The van der Waals surface area contributed by atoms with E-state index in [2.05, 4.69) is 92.0 Å². The number of nitrogens with two attached hydrogens (primary N) is 2. The van der Waals surface area contributed by atoms with Gasteiger partial charge in [0.1, 0.15) is 0 Å². The quantitative estimate of drug-likeness (QED) is 0.0224. The summed E-state index contributed by atoms with van der Waals surface area (Å²) in [6.45, 7) is 12.4. The summed E-state index contributed by atoms with van der Waals surface area (Å²) in [6.07, 6.45) is 10.5. The lowest BCUT2D eigenvalue weighted by atomic mass is 9.87. The van der Waals surface area contributed by atoms with E-state index in [1.54, 1.807) is 119 Å². The monoisotopic (exact) mass is 1250 g/mol. The summed E-state index contributed by atoms with van der Waals surface area (Å²) < 4.78 is 54.1. The Bertz CT molecular complexity index is 4040. The second kappa shape index (κ2) is 29.1. The summed E-state index contributed by atoms with van der Waals surface area (Å²) in [6, 6.07) is 32.7. The molecule has 10 aromatic rings. The number of carbonyl (C=O) groups excluding carboxylic acids is 1. The van der Waals surface area contributed by atoms with Crippen LogP contribution >= 0.6 is 45.5 Å². The number of aliphatic hydroxyl groups excluding tert-OH is 1. The van der Waals surface area contributed by atoms with Gasteiger partial charge in [-0.25, -0.2) is 42.6 Å². The van der Waals surface area contributed by atoms with Crippen LogP contribution in [0.15, 0.2) is 168 Å². The second-order valence-electron chi connectivity index (χ2n) is 18.9. The highest BCUT2D eigenvalue weighted by Crippen LogP contribution is 2.33. The zero-order chi connectivity index (χ0) is 61.3. The van der Waals surface area contributed by atoms with Crippen molar-refractivity contribution < 1.29 is 31.7 Å². The maximum absolute atomic E-state index is 13.0. The number of rotatable bonds is 9. The number of hydrogen-bond donors (Lipinski definition) is 5. The lowest BCUT2D eigenvalue weighted by Gasteiger charge is -2.19. The van der Waals surface area contributed by atoms with Gasteiger partial charge in [0.05, 0.1) is 26.0 Å². The molecule has 0 aliphatic rings. The fourth-order valence-electron chi connectivity index (χ4n) is 6.98. The van der Waals surface area contributed by atoms with Crippen molar-refractivity contribution in [3.63, 3.8) is 0 Å². The normalized spacial score (nSPS) is 11.1. The van der Waals surface area contributed by atoms with Crippen LogP contribution in [-0.4, -0.2) is 89.4 Å². The van der Waals surface area contributed by atoms with Gasteiger partial charge in [0.25, 0.3) is 36.3 Å². The third-order valence-electron chi connectivity index (χ3n) is 11.1. The number of nitrogens with one attached hydrogen (secondary N) is 2. The number of fused-ring (bicyclic) bond motifs is 2. The van der Waals surface area contributed by atoms with Crippen molar-refractivity contribution in [3.8, 4) is 22.8 Å². The highest BCUT2D eigenvalue weighted by Gasteiger charge is 2.22. The van der Waals surface area contributed by atoms with E-state index >= 15 is 0 Å². The Labute approximate surface area is 497 Å². The molecule has 0 aliphatic heterocycles. The summed E-state index contributed by atoms with van der Waals surface area (Å²) in [5.74, 6) is 7.41. The molecule has 10 rings (SSSR count). The molecular formula is C54H55Cl4N15O8S2. The average Bonchev–Trinajstić information content (AvgIpc) is 3.58. The number of benzene rings is 5. The third-order valence-corrected chi connectivity index (χ3v) is 14.6. The molecule has 0 radical (unpaired) electrons. The Hall–Kier alpha value is -8.27. The van der Waals surface area contributed by atoms with Gasteiger partial charge in [0.2, 0.25) is 5.95 Å². The Morgan fingerprint density at radius 3 is 1.52 bits per heavy atom. The number of sulfonamides is 1. The maximum atomic E-state index is 13.0. The van der Waals surface area contributed by atoms with Gasteiger partial charge in [-0.05, 0) is 113 Å². The van der Waals surface area contributed by atoms with Crippen LogP contribution in [0.25, 0.3) is 34.3 Å². The lowest BCUT2D eigenvalue weighted by molar-refractivity contribution is -0.385. The van der Waals surface area contributed by atoms with Crippen molar-refractivity contribution in [1.82, 2.24) is 49.1 Å². The Morgan fingerprint density at radius 2 is 1.06 bits per heavy atom. The van der Waals surface area contributed by atoms with Gasteiger partial charge in [-0.3, -0.25) is 33.9 Å². The molecule has 0 amide bonds. The molecule has 0 bridgehead atoms. The number of nitro groups is 1. The van der Waals surface area contributed by atoms with Crippen LogP contribution < -0.4 is 21.7 Å². The predicted molar refractivity (Wildman–Crippen MR) is 322 cm³/mol. The highest BCUT2D eigenvalue weighted by atomic mass is 35.7. The molecule has 29 heteroatoms. The lowest BCUT2D eigenvalue weighted by Crippen LogP contribution is -2.15. The number of aromatic nitrogens is 10. The van der Waals surface area contributed by atoms with Gasteiger partial charge in [-0.1, -0.05) is 101 Å². The summed E-state index contributed by atoms with van der Waals surface area (Å²) >= 11 is 17.7. The molecule has 83 heavy (non-hydrogen) atoms. The predicted octanol–water partition coefficient (Wildman–Crippen LogP) is 10.9. The van der Waals surface area contributed by atoms with E-state index in [0.29, 0.717) is 67.4 Å². The largest absolute Gasteiger partial charge is 0.400 e. The van der Waals surface area contributed by atoms with Gasteiger partial charge in [0.15, 0.2) is 17.9 Å². The smallest absolute Gasteiger partial charge is 0.279 e. The molecule has 0 atom stereocenters. The number of anilines is 3. The van der Waals surface area contributed by atoms with E-state index in [9.17, 15) is 31.7 Å². The zero-order valence-corrected chi connectivity index (χ0v) is 50.0.